The molecule has 2 N–H and O–H groups in total. The van der Waals surface area contributed by atoms with Gasteiger partial charge in [-0.05, 0) is 29.7 Å². The lowest BCUT2D eigenvalue weighted by atomic mass is 9.79. The minimum atomic E-state index is -5.06. The molecule has 128 valence electrons. The van der Waals surface area contributed by atoms with Crippen LogP contribution in [0.25, 0.3) is 11.3 Å². The van der Waals surface area contributed by atoms with E-state index in [-0.39, 0.29) is 5.56 Å². The molecule has 0 bridgehead atoms. The molecular formula is C13H8BF6NO3. The smallest absolute Gasteiger partial charge is 0.423 e. The Labute approximate surface area is 131 Å². The predicted molar refractivity (Wildman–Crippen MR) is 71.2 cm³/mol. The zero-order chi connectivity index (χ0) is 18.1. The molecule has 0 atom stereocenters. The van der Waals surface area contributed by atoms with E-state index < -0.39 is 42.3 Å². The number of pyridine rings is 1. The van der Waals surface area contributed by atoms with Gasteiger partial charge in [-0.25, -0.2) is 4.98 Å². The Bertz CT molecular complexity index is 732. The monoisotopic (exact) mass is 351 g/mol. The molecule has 1 heterocycles. The minimum Gasteiger partial charge on any atom is -0.423 e. The molecule has 11 heteroatoms. The number of nitrogens with zero attached hydrogens (tertiary/aromatic N) is 1. The zero-order valence-corrected chi connectivity index (χ0v) is 11.6. The van der Waals surface area contributed by atoms with Crippen molar-refractivity contribution in [3.63, 3.8) is 0 Å². The Hall–Kier alpha value is -2.27. The van der Waals surface area contributed by atoms with Crippen LogP contribution in [0.1, 0.15) is 5.69 Å². The largest absolute Gasteiger partial charge is 0.573 e. The van der Waals surface area contributed by atoms with E-state index in [1.807, 2.05) is 0 Å². The van der Waals surface area contributed by atoms with E-state index in [2.05, 4.69) is 9.72 Å². The van der Waals surface area contributed by atoms with Crippen molar-refractivity contribution in [1.82, 2.24) is 4.98 Å². The quantitative estimate of drug-likeness (QED) is 0.658. The number of halogens is 6. The van der Waals surface area contributed by atoms with Crippen LogP contribution >= 0.6 is 0 Å². The van der Waals surface area contributed by atoms with Crippen molar-refractivity contribution in [1.29, 1.82) is 0 Å². The normalized spacial score (nSPS) is 12.2. The summed E-state index contributed by atoms with van der Waals surface area (Å²) in [6.07, 6.45) is -9.99. The molecule has 0 unspecified atom stereocenters. The van der Waals surface area contributed by atoms with Gasteiger partial charge >= 0.3 is 19.7 Å². The minimum absolute atomic E-state index is 0.386. The highest BCUT2D eigenvalue weighted by atomic mass is 19.4. The summed E-state index contributed by atoms with van der Waals surface area (Å²) in [5.41, 5.74) is -2.99. The van der Waals surface area contributed by atoms with Crippen molar-refractivity contribution in [2.45, 2.75) is 12.5 Å². The van der Waals surface area contributed by atoms with Crippen LogP contribution in [-0.4, -0.2) is 28.5 Å². The molecule has 2 rings (SSSR count). The third-order valence-electron chi connectivity index (χ3n) is 2.82. The van der Waals surface area contributed by atoms with Gasteiger partial charge in [0.25, 0.3) is 0 Å². The molecule has 2 aromatic rings. The highest BCUT2D eigenvalue weighted by Gasteiger charge is 2.35. The summed E-state index contributed by atoms with van der Waals surface area (Å²) in [6, 6.07) is 5.66. The summed E-state index contributed by atoms with van der Waals surface area (Å²) >= 11 is 0. The molecule has 0 radical (unpaired) electrons. The summed E-state index contributed by atoms with van der Waals surface area (Å²) < 4.78 is 79.6. The van der Waals surface area contributed by atoms with Crippen molar-refractivity contribution < 1.29 is 41.1 Å². The first kappa shape index (κ1) is 18.1. The van der Waals surface area contributed by atoms with E-state index in [1.54, 1.807) is 0 Å². The SMILES string of the molecule is OB(O)c1cc(-c2ccccc2OC(F)(F)F)nc(C(F)(F)F)c1. The number of ether oxygens (including phenoxy) is 1. The lowest BCUT2D eigenvalue weighted by Gasteiger charge is -2.15. The van der Waals surface area contributed by atoms with E-state index in [1.165, 1.54) is 12.1 Å². The first-order valence-electron chi connectivity index (χ1n) is 6.28. The molecule has 1 aromatic carbocycles. The van der Waals surface area contributed by atoms with Crippen LogP contribution in [0.15, 0.2) is 36.4 Å². The fraction of sp³-hybridized carbons (Fsp3) is 0.154. The maximum atomic E-state index is 12.9. The number of aromatic nitrogens is 1. The molecule has 24 heavy (non-hydrogen) atoms. The first-order valence-corrected chi connectivity index (χ1v) is 6.28. The van der Waals surface area contributed by atoms with E-state index in [9.17, 15) is 26.3 Å². The summed E-state index contributed by atoms with van der Waals surface area (Å²) in [4.78, 5) is 3.25. The van der Waals surface area contributed by atoms with Crippen molar-refractivity contribution in [2.75, 3.05) is 0 Å². The Morgan fingerprint density at radius 1 is 0.958 bits per heavy atom. The number of hydrogen-bond donors (Lipinski definition) is 2. The van der Waals surface area contributed by atoms with Crippen LogP contribution in [0.5, 0.6) is 5.75 Å². The van der Waals surface area contributed by atoms with Gasteiger partial charge < -0.3 is 14.8 Å². The number of rotatable bonds is 3. The second kappa shape index (κ2) is 6.32. The van der Waals surface area contributed by atoms with Gasteiger partial charge in [0.1, 0.15) is 11.4 Å². The molecule has 0 aliphatic carbocycles. The van der Waals surface area contributed by atoms with Gasteiger partial charge in [-0.15, -0.1) is 13.2 Å². The maximum absolute atomic E-state index is 12.9. The van der Waals surface area contributed by atoms with Gasteiger partial charge in [0, 0.05) is 5.56 Å². The fourth-order valence-electron chi connectivity index (χ4n) is 1.88. The van der Waals surface area contributed by atoms with Crippen molar-refractivity contribution in [2.24, 2.45) is 0 Å². The van der Waals surface area contributed by atoms with Crippen LogP contribution in [0.4, 0.5) is 26.3 Å². The second-order valence-electron chi connectivity index (χ2n) is 4.59. The lowest BCUT2D eigenvalue weighted by Crippen LogP contribution is -2.31. The summed E-state index contributed by atoms with van der Waals surface area (Å²) in [6.45, 7) is 0. The molecular weight excluding hydrogens is 343 g/mol. The summed E-state index contributed by atoms with van der Waals surface area (Å²) in [5, 5.41) is 18.2. The third-order valence-corrected chi connectivity index (χ3v) is 2.82. The van der Waals surface area contributed by atoms with Gasteiger partial charge in [0.15, 0.2) is 0 Å². The Balaban J connectivity index is 2.62. The van der Waals surface area contributed by atoms with Crippen molar-refractivity contribution in [3.8, 4) is 17.0 Å². The molecule has 0 saturated carbocycles. The van der Waals surface area contributed by atoms with E-state index in [0.717, 1.165) is 18.2 Å². The van der Waals surface area contributed by atoms with E-state index in [4.69, 9.17) is 10.0 Å². The van der Waals surface area contributed by atoms with Crippen LogP contribution in [0.3, 0.4) is 0 Å². The number of para-hydroxylation sites is 1. The fourth-order valence-corrected chi connectivity index (χ4v) is 1.88. The van der Waals surface area contributed by atoms with Gasteiger partial charge in [0.05, 0.1) is 5.69 Å². The third kappa shape index (κ3) is 4.39. The van der Waals surface area contributed by atoms with Crippen molar-refractivity contribution in [3.05, 3.63) is 42.1 Å². The standard InChI is InChI=1S/C13H8BF6NO3/c15-12(16,17)11-6-7(14(22)23)5-9(21-11)8-3-1-2-4-10(8)24-13(18,19)20/h1-6,22-23H. The summed E-state index contributed by atoms with van der Waals surface area (Å²) in [7, 11) is -2.26. The van der Waals surface area contributed by atoms with Crippen molar-refractivity contribution >= 4 is 12.6 Å². The molecule has 0 aliphatic rings. The van der Waals surface area contributed by atoms with Gasteiger partial charge in [-0.1, -0.05) is 12.1 Å². The Kier molecular flexibility index (Phi) is 4.76. The average Bonchev–Trinajstić information content (AvgIpc) is 2.44. The Morgan fingerprint density at radius 2 is 1.58 bits per heavy atom. The average molecular weight is 351 g/mol. The number of benzene rings is 1. The molecule has 0 fully saturated rings. The van der Waals surface area contributed by atoms with Crippen LogP contribution < -0.4 is 10.2 Å². The lowest BCUT2D eigenvalue weighted by molar-refractivity contribution is -0.274. The summed E-state index contributed by atoms with van der Waals surface area (Å²) in [5.74, 6) is -0.768. The van der Waals surface area contributed by atoms with E-state index >= 15 is 0 Å². The highest BCUT2D eigenvalue weighted by Crippen LogP contribution is 2.34. The van der Waals surface area contributed by atoms with E-state index in [0.29, 0.717) is 6.07 Å². The number of alkyl halides is 6. The molecule has 1 aromatic heterocycles. The van der Waals surface area contributed by atoms with Crippen LogP contribution in [-0.2, 0) is 6.18 Å². The number of hydrogen-bond acceptors (Lipinski definition) is 4. The highest BCUT2D eigenvalue weighted by molar-refractivity contribution is 6.58. The van der Waals surface area contributed by atoms with Crippen LogP contribution in [0.2, 0.25) is 0 Å². The molecule has 4 nitrogen and oxygen atoms in total. The zero-order valence-electron chi connectivity index (χ0n) is 11.6. The predicted octanol–water partition coefficient (Wildman–Crippen LogP) is 2.35. The molecule has 0 saturated heterocycles. The van der Waals surface area contributed by atoms with Gasteiger partial charge in [0.2, 0.25) is 0 Å². The van der Waals surface area contributed by atoms with Gasteiger partial charge in [-0.3, -0.25) is 0 Å². The maximum Gasteiger partial charge on any atom is 0.573 e. The molecule has 0 aliphatic heterocycles. The topological polar surface area (TPSA) is 62.6 Å². The molecule has 0 amide bonds. The first-order chi connectivity index (χ1) is 11.0. The van der Waals surface area contributed by atoms with Crippen LogP contribution in [0, 0.1) is 0 Å². The van der Waals surface area contributed by atoms with Gasteiger partial charge in [-0.2, -0.15) is 13.2 Å². The second-order valence-corrected chi connectivity index (χ2v) is 4.59. The molecule has 0 spiro atoms. The Morgan fingerprint density at radius 3 is 2.12 bits per heavy atom.